The first-order chi connectivity index (χ1) is 13.6. The van der Waals surface area contributed by atoms with Gasteiger partial charge in [0.25, 0.3) is 0 Å². The van der Waals surface area contributed by atoms with Crippen LogP contribution in [0.4, 0.5) is 17.5 Å². The van der Waals surface area contributed by atoms with Crippen LogP contribution in [0.15, 0.2) is 30.6 Å². The van der Waals surface area contributed by atoms with Gasteiger partial charge in [-0.2, -0.15) is 9.97 Å². The molecule has 4 rings (SSSR count). The summed E-state index contributed by atoms with van der Waals surface area (Å²) in [7, 11) is 0. The summed E-state index contributed by atoms with van der Waals surface area (Å²) >= 11 is 0. The molecule has 2 aromatic heterocycles. The molecule has 1 aromatic carbocycles. The number of nitrogens with zero attached hydrogens (tertiary/aromatic N) is 6. The number of aliphatic hydroxyl groups excluding tert-OH is 1. The number of nitrogens with one attached hydrogen (secondary N) is 1. The molecule has 0 amide bonds. The van der Waals surface area contributed by atoms with Crippen LogP contribution in [0.1, 0.15) is 11.1 Å². The van der Waals surface area contributed by atoms with Gasteiger partial charge in [-0.1, -0.05) is 12.1 Å². The topological polar surface area (TPSA) is 90.3 Å². The Morgan fingerprint density at radius 1 is 1.04 bits per heavy atom. The third-order valence-corrected chi connectivity index (χ3v) is 5.04. The molecule has 0 aliphatic carbocycles. The van der Waals surface area contributed by atoms with Gasteiger partial charge in [0.05, 0.1) is 6.61 Å². The van der Waals surface area contributed by atoms with E-state index in [1.165, 1.54) is 5.56 Å². The van der Waals surface area contributed by atoms with Crippen molar-refractivity contribution in [2.75, 3.05) is 49.5 Å². The molecular formula is C20H25N7O. The fourth-order valence-electron chi connectivity index (χ4n) is 3.39. The molecule has 0 spiro atoms. The van der Waals surface area contributed by atoms with Crippen molar-refractivity contribution < 1.29 is 5.11 Å². The smallest absolute Gasteiger partial charge is 0.229 e. The van der Waals surface area contributed by atoms with Gasteiger partial charge in [-0.25, -0.2) is 9.97 Å². The number of fused-ring (bicyclic) bond motifs is 1. The molecule has 0 bridgehead atoms. The number of anilines is 3. The predicted molar refractivity (Wildman–Crippen MR) is 110 cm³/mol. The largest absolute Gasteiger partial charge is 0.395 e. The molecule has 1 aliphatic heterocycles. The summed E-state index contributed by atoms with van der Waals surface area (Å²) in [5, 5.41) is 12.6. The Morgan fingerprint density at radius 3 is 2.61 bits per heavy atom. The molecule has 1 aliphatic rings. The number of piperazine rings is 1. The molecule has 0 saturated carbocycles. The zero-order chi connectivity index (χ0) is 19.5. The molecule has 8 nitrogen and oxygen atoms in total. The van der Waals surface area contributed by atoms with Crippen molar-refractivity contribution in [1.82, 2.24) is 24.8 Å². The number of aryl methyl sites for hydroxylation is 2. The Hall–Kier alpha value is -2.84. The molecule has 2 N–H and O–H groups in total. The maximum Gasteiger partial charge on any atom is 0.229 e. The van der Waals surface area contributed by atoms with Gasteiger partial charge in [-0.15, -0.1) is 0 Å². The Balaban J connectivity index is 1.67. The first-order valence-corrected chi connectivity index (χ1v) is 9.55. The van der Waals surface area contributed by atoms with Crippen LogP contribution >= 0.6 is 0 Å². The number of benzene rings is 1. The summed E-state index contributed by atoms with van der Waals surface area (Å²) in [6, 6.07) is 6.29. The van der Waals surface area contributed by atoms with Crippen molar-refractivity contribution in [1.29, 1.82) is 0 Å². The Kier molecular flexibility index (Phi) is 5.31. The highest BCUT2D eigenvalue weighted by Gasteiger charge is 2.21. The van der Waals surface area contributed by atoms with Crippen LogP contribution in [0.5, 0.6) is 0 Å². The van der Waals surface area contributed by atoms with E-state index in [4.69, 9.17) is 10.1 Å². The molecule has 0 atom stereocenters. The minimum absolute atomic E-state index is 0.186. The monoisotopic (exact) mass is 379 g/mol. The third kappa shape index (κ3) is 3.88. The Morgan fingerprint density at radius 2 is 1.82 bits per heavy atom. The summed E-state index contributed by atoms with van der Waals surface area (Å²) < 4.78 is 0. The fraction of sp³-hybridized carbons (Fsp3) is 0.400. The van der Waals surface area contributed by atoms with Gasteiger partial charge < -0.3 is 15.3 Å². The number of hydrogen-bond acceptors (Lipinski definition) is 8. The van der Waals surface area contributed by atoms with Crippen molar-refractivity contribution in [3.63, 3.8) is 0 Å². The van der Waals surface area contributed by atoms with E-state index < -0.39 is 0 Å². The number of aliphatic hydroxyl groups is 1. The number of rotatable bonds is 5. The maximum absolute atomic E-state index is 9.13. The molecule has 1 fully saturated rings. The fourth-order valence-corrected chi connectivity index (χ4v) is 3.39. The average Bonchev–Trinajstić information content (AvgIpc) is 2.71. The van der Waals surface area contributed by atoms with Crippen molar-refractivity contribution in [2.24, 2.45) is 0 Å². The standard InChI is InChI=1S/C20H25N7O/c1-14-3-4-15(2)16(13-14)23-19-17-18(22-6-5-21-17)24-20(25-19)27-9-7-26(8-10-27)11-12-28/h3-6,13,28H,7-12H2,1-2H3,(H,22,23,24,25). The molecule has 0 radical (unpaired) electrons. The molecule has 146 valence electrons. The second-order valence-electron chi connectivity index (χ2n) is 7.10. The van der Waals surface area contributed by atoms with Gasteiger partial charge in [-0.3, -0.25) is 4.90 Å². The highest BCUT2D eigenvalue weighted by Crippen LogP contribution is 2.26. The minimum atomic E-state index is 0.186. The molecule has 28 heavy (non-hydrogen) atoms. The van der Waals surface area contributed by atoms with Gasteiger partial charge >= 0.3 is 0 Å². The molecular weight excluding hydrogens is 354 g/mol. The van der Waals surface area contributed by atoms with Gasteiger partial charge in [0.15, 0.2) is 17.0 Å². The van der Waals surface area contributed by atoms with Gasteiger partial charge in [0.2, 0.25) is 5.95 Å². The predicted octanol–water partition coefficient (Wildman–Crippen LogP) is 1.89. The Labute approximate surface area is 164 Å². The maximum atomic E-state index is 9.13. The van der Waals surface area contributed by atoms with Crippen LogP contribution < -0.4 is 10.2 Å². The molecule has 3 aromatic rings. The lowest BCUT2D eigenvalue weighted by Gasteiger charge is -2.34. The third-order valence-electron chi connectivity index (χ3n) is 5.04. The first-order valence-electron chi connectivity index (χ1n) is 9.55. The summed E-state index contributed by atoms with van der Waals surface area (Å²) in [5.41, 5.74) is 4.56. The zero-order valence-corrected chi connectivity index (χ0v) is 16.3. The van der Waals surface area contributed by atoms with Crippen LogP contribution in [-0.4, -0.2) is 69.3 Å². The van der Waals surface area contributed by atoms with Crippen LogP contribution in [0.3, 0.4) is 0 Å². The summed E-state index contributed by atoms with van der Waals surface area (Å²) in [5.74, 6) is 1.32. The molecule has 1 saturated heterocycles. The van der Waals surface area contributed by atoms with Crippen LogP contribution in [0, 0.1) is 13.8 Å². The summed E-state index contributed by atoms with van der Waals surface area (Å²) in [6.45, 7) is 8.41. The lowest BCUT2D eigenvalue weighted by molar-refractivity contribution is 0.188. The van der Waals surface area contributed by atoms with E-state index in [9.17, 15) is 0 Å². The lowest BCUT2D eigenvalue weighted by atomic mass is 10.1. The first kappa shape index (κ1) is 18.5. The quantitative estimate of drug-likeness (QED) is 0.695. The summed E-state index contributed by atoms with van der Waals surface area (Å²) in [4.78, 5) is 22.7. The second-order valence-corrected chi connectivity index (χ2v) is 7.10. The number of β-amino-alcohol motifs (C(OH)–C–C–N with tert-alkyl or cyclic N) is 1. The second kappa shape index (κ2) is 8.04. The SMILES string of the molecule is Cc1ccc(C)c(Nc2nc(N3CCN(CCO)CC3)nc3nccnc23)c1. The van der Waals surface area contributed by atoms with Crippen molar-refractivity contribution in [2.45, 2.75) is 13.8 Å². The number of aromatic nitrogens is 4. The van der Waals surface area contributed by atoms with Gasteiger partial charge in [0, 0.05) is 50.8 Å². The minimum Gasteiger partial charge on any atom is -0.395 e. The van der Waals surface area contributed by atoms with E-state index >= 15 is 0 Å². The van der Waals surface area contributed by atoms with Crippen LogP contribution in [0.25, 0.3) is 11.2 Å². The van der Waals surface area contributed by atoms with Gasteiger partial charge in [0.1, 0.15) is 0 Å². The van der Waals surface area contributed by atoms with Crippen molar-refractivity contribution in [3.05, 3.63) is 41.7 Å². The van der Waals surface area contributed by atoms with E-state index in [1.54, 1.807) is 12.4 Å². The highest BCUT2D eigenvalue weighted by atomic mass is 16.3. The van der Waals surface area contributed by atoms with Crippen molar-refractivity contribution >= 4 is 28.6 Å². The van der Waals surface area contributed by atoms with E-state index in [-0.39, 0.29) is 6.61 Å². The van der Waals surface area contributed by atoms with E-state index in [0.29, 0.717) is 29.5 Å². The molecule has 8 heteroatoms. The van der Waals surface area contributed by atoms with Crippen LogP contribution in [-0.2, 0) is 0 Å². The Bertz CT molecular complexity index is 970. The molecule has 3 heterocycles. The normalized spacial score (nSPS) is 15.2. The van der Waals surface area contributed by atoms with E-state index in [0.717, 1.165) is 37.4 Å². The summed E-state index contributed by atoms with van der Waals surface area (Å²) in [6.07, 6.45) is 3.31. The lowest BCUT2D eigenvalue weighted by Crippen LogP contribution is -2.47. The number of hydrogen-bond donors (Lipinski definition) is 2. The van der Waals surface area contributed by atoms with Crippen LogP contribution in [0.2, 0.25) is 0 Å². The van der Waals surface area contributed by atoms with Crippen molar-refractivity contribution in [3.8, 4) is 0 Å². The zero-order valence-electron chi connectivity index (χ0n) is 16.3. The highest BCUT2D eigenvalue weighted by molar-refractivity contribution is 5.86. The average molecular weight is 379 g/mol. The molecule has 0 unspecified atom stereocenters. The van der Waals surface area contributed by atoms with E-state index in [2.05, 4.69) is 62.1 Å². The van der Waals surface area contributed by atoms with E-state index in [1.807, 2.05) is 0 Å². The van der Waals surface area contributed by atoms with Gasteiger partial charge in [-0.05, 0) is 31.0 Å².